The number of aliphatic hydroxyl groups is 2. The van der Waals surface area contributed by atoms with Crippen molar-refractivity contribution in [1.82, 2.24) is 9.55 Å². The zero-order valence-electron chi connectivity index (χ0n) is 13.7. The number of aromatic amines is 1. The molecule has 0 amide bonds. The van der Waals surface area contributed by atoms with Crippen LogP contribution in [0, 0.1) is 17.0 Å². The quantitative estimate of drug-likeness (QED) is 0.223. The molecule has 1 aromatic heterocycles. The number of hydrogen-bond donors (Lipinski definition) is 6. The second kappa shape index (κ2) is 11.4. The maximum Gasteiger partial charge on any atom is 0.567 e. The molecular formula is C13H22N2O8PS+. The van der Waals surface area contributed by atoms with Gasteiger partial charge in [0.1, 0.15) is 17.5 Å². The first-order valence-corrected chi connectivity index (χ1v) is 8.86. The summed E-state index contributed by atoms with van der Waals surface area (Å²) in [7, 11) is -2.28. The maximum atomic E-state index is 11.9. The molecule has 12 heteroatoms. The number of aliphatic hydroxyl groups excluding tert-OH is 2. The van der Waals surface area contributed by atoms with Gasteiger partial charge in [-0.1, -0.05) is 18.1 Å². The van der Waals surface area contributed by atoms with Gasteiger partial charge >= 0.3 is 13.9 Å². The first-order chi connectivity index (χ1) is 11.8. The third kappa shape index (κ3) is 7.70. The van der Waals surface area contributed by atoms with Crippen LogP contribution in [-0.4, -0.2) is 61.4 Å². The minimum atomic E-state index is -4.28. The number of aromatic nitrogens is 2. The van der Waals surface area contributed by atoms with Crippen LogP contribution in [0.4, 0.5) is 0 Å². The van der Waals surface area contributed by atoms with E-state index in [1.807, 2.05) is 0 Å². The minimum Gasteiger partial charge on any atom is -0.400 e. The van der Waals surface area contributed by atoms with Crippen molar-refractivity contribution in [1.29, 1.82) is 0 Å². The Morgan fingerprint density at radius 3 is 2.52 bits per heavy atom. The molecule has 25 heavy (non-hydrogen) atoms. The van der Waals surface area contributed by atoms with Crippen molar-refractivity contribution in [2.45, 2.75) is 25.2 Å². The molecule has 1 saturated heterocycles. The normalized spacial score (nSPS) is 19.1. The van der Waals surface area contributed by atoms with Gasteiger partial charge in [0.25, 0.3) is 0 Å². The standard InChI is InChI=1S/C11H13N2O6PS.2CH4O/c1-2-7-5-13(11(14)12-10(7)21)9-4-3-8(19-9)6-18-20(15,16)17;2*1-2/h1,5,8-9,15-17H,3-4,6H2;2*2H,1H3/p+1. The molecule has 2 unspecified atom stereocenters. The summed E-state index contributed by atoms with van der Waals surface area (Å²) in [5.74, 6) is 2.37. The minimum absolute atomic E-state index is 0.187. The molecule has 0 saturated carbocycles. The Morgan fingerprint density at radius 2 is 2.00 bits per heavy atom. The molecule has 1 aliphatic rings. The third-order valence-corrected chi connectivity index (χ3v) is 3.77. The van der Waals surface area contributed by atoms with Gasteiger partial charge in [0.05, 0.1) is 11.7 Å². The van der Waals surface area contributed by atoms with E-state index in [4.69, 9.17) is 48.3 Å². The summed E-state index contributed by atoms with van der Waals surface area (Å²) in [5.41, 5.74) is -0.0715. The van der Waals surface area contributed by atoms with Gasteiger partial charge in [-0.15, -0.1) is 6.42 Å². The number of rotatable bonds is 4. The van der Waals surface area contributed by atoms with Gasteiger partial charge in [0.15, 0.2) is 0 Å². The molecular weight excluding hydrogens is 375 g/mol. The van der Waals surface area contributed by atoms with E-state index in [0.717, 1.165) is 14.2 Å². The number of nitrogens with one attached hydrogen (secondary N) is 1. The number of hydrogen-bond acceptors (Lipinski definition) is 9. The highest BCUT2D eigenvalue weighted by atomic mass is 32.1. The summed E-state index contributed by atoms with van der Waals surface area (Å²) in [6.07, 6.45) is 6.75. The summed E-state index contributed by atoms with van der Waals surface area (Å²) in [5, 5.41) is 14.0. The van der Waals surface area contributed by atoms with E-state index in [0.29, 0.717) is 18.4 Å². The summed E-state index contributed by atoms with van der Waals surface area (Å²) in [6, 6.07) is 0. The molecule has 1 aromatic rings. The van der Waals surface area contributed by atoms with E-state index in [1.165, 1.54) is 10.8 Å². The SMILES string of the molecule is C#Cc1cn(C2CCC(CO[P+](O)(O)O)O2)c(=O)[nH]c1=S.CO.CO. The first kappa shape index (κ1) is 23.8. The van der Waals surface area contributed by atoms with Crippen molar-refractivity contribution in [2.75, 3.05) is 20.8 Å². The van der Waals surface area contributed by atoms with E-state index in [2.05, 4.69) is 15.4 Å². The first-order valence-electron chi connectivity index (χ1n) is 6.89. The number of terminal acetylenes is 1. The molecule has 2 atom stereocenters. The van der Waals surface area contributed by atoms with Gasteiger partial charge in [0, 0.05) is 20.4 Å². The van der Waals surface area contributed by atoms with Gasteiger partial charge in [-0.05, 0) is 12.8 Å². The molecule has 2 rings (SSSR count). The van der Waals surface area contributed by atoms with Crippen LogP contribution in [0.5, 0.6) is 0 Å². The molecule has 1 fully saturated rings. The summed E-state index contributed by atoms with van der Waals surface area (Å²) < 4.78 is 11.5. The lowest BCUT2D eigenvalue weighted by Crippen LogP contribution is -2.28. The fraction of sp³-hybridized carbons (Fsp3) is 0.538. The monoisotopic (exact) mass is 397 g/mol. The van der Waals surface area contributed by atoms with Crippen LogP contribution in [-0.2, 0) is 9.26 Å². The Bertz CT molecular complexity index is 678. The Labute approximate surface area is 150 Å². The van der Waals surface area contributed by atoms with Gasteiger partial charge in [0.2, 0.25) is 0 Å². The van der Waals surface area contributed by atoms with Crippen molar-refractivity contribution in [2.24, 2.45) is 0 Å². The van der Waals surface area contributed by atoms with E-state index in [9.17, 15) is 4.79 Å². The van der Waals surface area contributed by atoms with Crippen LogP contribution >= 0.6 is 20.4 Å². The van der Waals surface area contributed by atoms with Gasteiger partial charge < -0.3 is 14.9 Å². The summed E-state index contributed by atoms with van der Waals surface area (Å²) in [6.45, 7) is -0.187. The van der Waals surface area contributed by atoms with E-state index in [1.54, 1.807) is 0 Å². The lowest BCUT2D eigenvalue weighted by molar-refractivity contribution is -0.0271. The Hall–Kier alpha value is -1.19. The van der Waals surface area contributed by atoms with Crippen molar-refractivity contribution in [3.8, 4) is 12.3 Å². The van der Waals surface area contributed by atoms with Gasteiger partial charge in [-0.25, -0.2) is 4.79 Å². The molecule has 0 aliphatic carbocycles. The van der Waals surface area contributed by atoms with Crippen LogP contribution in [0.3, 0.4) is 0 Å². The van der Waals surface area contributed by atoms with Crippen LogP contribution in [0.2, 0.25) is 0 Å². The predicted octanol–water partition coefficient (Wildman–Crippen LogP) is -0.547. The van der Waals surface area contributed by atoms with E-state index >= 15 is 0 Å². The summed E-state index contributed by atoms with van der Waals surface area (Å²) in [4.78, 5) is 40.6. The predicted molar refractivity (Wildman–Crippen MR) is 92.8 cm³/mol. The molecule has 0 radical (unpaired) electrons. The smallest absolute Gasteiger partial charge is 0.400 e. The molecule has 0 bridgehead atoms. The van der Waals surface area contributed by atoms with Gasteiger partial charge in [-0.2, -0.15) is 19.2 Å². The number of ether oxygens (including phenoxy) is 1. The molecule has 0 spiro atoms. The molecule has 0 aromatic carbocycles. The Balaban J connectivity index is 0.00000134. The van der Waals surface area contributed by atoms with E-state index < -0.39 is 26.2 Å². The fourth-order valence-corrected chi connectivity index (χ4v) is 2.56. The maximum absolute atomic E-state index is 11.9. The average molecular weight is 397 g/mol. The van der Waals surface area contributed by atoms with Crippen LogP contribution < -0.4 is 5.69 Å². The van der Waals surface area contributed by atoms with Crippen molar-refractivity contribution in [3.63, 3.8) is 0 Å². The zero-order valence-corrected chi connectivity index (χ0v) is 15.4. The molecule has 142 valence electrons. The topological polar surface area (TPSA) is 157 Å². The second-order valence-electron chi connectivity index (χ2n) is 4.45. The third-order valence-electron chi connectivity index (χ3n) is 2.95. The highest BCUT2D eigenvalue weighted by molar-refractivity contribution is 7.71. The van der Waals surface area contributed by atoms with Crippen molar-refractivity contribution >= 4 is 20.4 Å². The lowest BCUT2D eigenvalue weighted by Gasteiger charge is -2.15. The largest absolute Gasteiger partial charge is 0.567 e. The van der Waals surface area contributed by atoms with E-state index in [-0.39, 0.29) is 11.2 Å². The molecule has 6 N–H and O–H groups in total. The molecule has 1 aliphatic heterocycles. The molecule has 2 heterocycles. The fourth-order valence-electron chi connectivity index (χ4n) is 2.00. The number of H-pyrrole nitrogens is 1. The van der Waals surface area contributed by atoms with Crippen molar-refractivity contribution < 1.29 is 34.2 Å². The second-order valence-corrected chi connectivity index (χ2v) is 6.15. The van der Waals surface area contributed by atoms with Crippen molar-refractivity contribution in [3.05, 3.63) is 26.9 Å². The summed E-state index contributed by atoms with van der Waals surface area (Å²) >= 11 is 4.93. The van der Waals surface area contributed by atoms with Crippen LogP contribution in [0.15, 0.2) is 11.0 Å². The Kier molecular flexibility index (Phi) is 10.9. The zero-order chi connectivity index (χ0) is 19.6. The molecule has 10 nitrogen and oxygen atoms in total. The average Bonchev–Trinajstić information content (AvgIpc) is 3.05. The van der Waals surface area contributed by atoms with Crippen LogP contribution in [0.25, 0.3) is 0 Å². The van der Waals surface area contributed by atoms with Crippen LogP contribution in [0.1, 0.15) is 24.6 Å². The highest BCUT2D eigenvalue weighted by Gasteiger charge is 2.37. The lowest BCUT2D eigenvalue weighted by atomic mass is 10.2. The number of nitrogens with zero attached hydrogens (tertiary/aromatic N) is 1. The highest BCUT2D eigenvalue weighted by Crippen LogP contribution is 2.46. The van der Waals surface area contributed by atoms with Gasteiger partial charge in [-0.3, -0.25) is 9.55 Å². The Morgan fingerprint density at radius 1 is 1.40 bits per heavy atom.